The van der Waals surface area contributed by atoms with Crippen LogP contribution in [0.5, 0.6) is 0 Å². The van der Waals surface area contributed by atoms with E-state index >= 15 is 0 Å². The summed E-state index contributed by atoms with van der Waals surface area (Å²) in [5.41, 5.74) is 0.981. The van der Waals surface area contributed by atoms with E-state index in [0.29, 0.717) is 10.8 Å². The molecule has 0 amide bonds. The Bertz CT molecular complexity index is 173. The summed E-state index contributed by atoms with van der Waals surface area (Å²) in [6.07, 6.45) is 11.2. The van der Waals surface area contributed by atoms with E-state index in [-0.39, 0.29) is 0 Å². The van der Waals surface area contributed by atoms with Crippen LogP contribution in [0, 0.1) is 10.8 Å². The van der Waals surface area contributed by atoms with Gasteiger partial charge in [-0.15, -0.1) is 0 Å². The van der Waals surface area contributed by atoms with Gasteiger partial charge in [0.2, 0.25) is 0 Å². The first kappa shape index (κ1) is 14.7. The highest BCUT2D eigenvalue weighted by atomic mass is 14.1. The van der Waals surface area contributed by atoms with Crippen molar-refractivity contribution in [2.75, 3.05) is 0 Å². The maximum Gasteiger partial charge on any atom is -0.0346 e. The average Bonchev–Trinajstić information content (AvgIpc) is 1.98. The molecule has 0 unspecified atom stereocenters. The van der Waals surface area contributed by atoms with Crippen LogP contribution in [-0.4, -0.2) is 0 Å². The van der Waals surface area contributed by atoms with Crippen molar-refractivity contribution >= 4 is 0 Å². The van der Waals surface area contributed by atoms with Crippen LogP contribution in [-0.2, 0) is 0 Å². The molecule has 0 aromatic heterocycles. The first-order valence-corrected chi connectivity index (χ1v) is 6.36. The van der Waals surface area contributed by atoms with Crippen molar-refractivity contribution in [2.24, 2.45) is 10.8 Å². The number of rotatable bonds is 5. The van der Waals surface area contributed by atoms with E-state index in [9.17, 15) is 0 Å². The lowest BCUT2D eigenvalue weighted by atomic mass is 9.89. The third-order valence-corrected chi connectivity index (χ3v) is 2.53. The Balaban J connectivity index is 3.41. The molecule has 0 saturated heterocycles. The predicted octanol–water partition coefficient (Wildman–Crippen LogP) is 5.59. The zero-order valence-electron chi connectivity index (χ0n) is 11.7. The van der Waals surface area contributed by atoms with E-state index in [4.69, 9.17) is 0 Å². The molecule has 0 aromatic carbocycles. The van der Waals surface area contributed by atoms with Crippen LogP contribution in [0.15, 0.2) is 12.2 Å². The predicted molar refractivity (Wildman–Crippen MR) is 71.1 cm³/mol. The molecule has 90 valence electrons. The number of allylic oxidation sites excluding steroid dienone is 2. The normalized spacial score (nSPS) is 13.7. The van der Waals surface area contributed by atoms with Gasteiger partial charge in [-0.25, -0.2) is 0 Å². The van der Waals surface area contributed by atoms with Gasteiger partial charge in [0.05, 0.1) is 0 Å². The van der Waals surface area contributed by atoms with Crippen molar-refractivity contribution in [1.29, 1.82) is 0 Å². The molecule has 15 heavy (non-hydrogen) atoms. The minimum atomic E-state index is 0.482. The van der Waals surface area contributed by atoms with E-state index in [1.165, 1.54) is 32.1 Å². The second kappa shape index (κ2) is 6.35. The minimum absolute atomic E-state index is 0.482. The maximum absolute atomic E-state index is 2.36. The van der Waals surface area contributed by atoms with Gasteiger partial charge in [-0.1, -0.05) is 53.7 Å². The molecule has 0 aromatic rings. The molecule has 0 aliphatic carbocycles. The molecule has 0 fully saturated rings. The monoisotopic (exact) mass is 210 g/mol. The van der Waals surface area contributed by atoms with Gasteiger partial charge in [0, 0.05) is 0 Å². The Kier molecular flexibility index (Phi) is 6.24. The fourth-order valence-corrected chi connectivity index (χ4v) is 1.50. The van der Waals surface area contributed by atoms with E-state index in [0.717, 1.165) is 0 Å². The van der Waals surface area contributed by atoms with Crippen molar-refractivity contribution in [1.82, 2.24) is 0 Å². The first-order valence-electron chi connectivity index (χ1n) is 6.36. The van der Waals surface area contributed by atoms with E-state index in [1.54, 1.807) is 0 Å². The maximum atomic E-state index is 2.36. The van der Waals surface area contributed by atoms with E-state index in [2.05, 4.69) is 53.7 Å². The summed E-state index contributed by atoms with van der Waals surface area (Å²) in [7, 11) is 0. The third-order valence-electron chi connectivity index (χ3n) is 2.53. The largest absolute Gasteiger partial charge is 0.0885 e. The molecule has 0 aliphatic heterocycles. The molecule has 0 spiro atoms. The highest BCUT2D eigenvalue weighted by Crippen LogP contribution is 2.22. The Morgan fingerprint density at radius 1 is 0.667 bits per heavy atom. The summed E-state index contributed by atoms with van der Waals surface area (Å²) >= 11 is 0. The van der Waals surface area contributed by atoms with Gasteiger partial charge in [-0.05, 0) is 42.9 Å². The van der Waals surface area contributed by atoms with Crippen LogP contribution in [0.25, 0.3) is 0 Å². The number of hydrogen-bond acceptors (Lipinski definition) is 0. The van der Waals surface area contributed by atoms with Gasteiger partial charge in [0.15, 0.2) is 0 Å². The van der Waals surface area contributed by atoms with Crippen molar-refractivity contribution in [3.05, 3.63) is 12.2 Å². The Labute approximate surface area is 97.2 Å². The van der Waals surface area contributed by atoms with Crippen molar-refractivity contribution in [3.63, 3.8) is 0 Å². The highest BCUT2D eigenvalue weighted by molar-refractivity contribution is 4.83. The Morgan fingerprint density at radius 2 is 1.13 bits per heavy atom. The van der Waals surface area contributed by atoms with Crippen LogP contribution in [0.4, 0.5) is 0 Å². The van der Waals surface area contributed by atoms with Gasteiger partial charge in [-0.3, -0.25) is 0 Å². The third kappa shape index (κ3) is 13.7. The smallest absolute Gasteiger partial charge is 0.0346 e. The first-order chi connectivity index (χ1) is 6.71. The lowest BCUT2D eigenvalue weighted by molar-refractivity contribution is 0.366. The quantitative estimate of drug-likeness (QED) is 0.410. The molecule has 0 bridgehead atoms. The average molecular weight is 210 g/mol. The van der Waals surface area contributed by atoms with Crippen LogP contribution >= 0.6 is 0 Å². The van der Waals surface area contributed by atoms with E-state index in [1.807, 2.05) is 0 Å². The topological polar surface area (TPSA) is 0 Å². The number of unbranched alkanes of at least 4 members (excludes halogenated alkanes) is 1. The van der Waals surface area contributed by atoms with Crippen LogP contribution in [0.2, 0.25) is 0 Å². The van der Waals surface area contributed by atoms with Gasteiger partial charge in [-0.2, -0.15) is 0 Å². The summed E-state index contributed by atoms with van der Waals surface area (Å²) in [4.78, 5) is 0. The zero-order chi connectivity index (χ0) is 11.9. The fraction of sp³-hybridized carbons (Fsp3) is 0.867. The van der Waals surface area contributed by atoms with Crippen molar-refractivity contribution < 1.29 is 0 Å². The van der Waals surface area contributed by atoms with Crippen LogP contribution in [0.3, 0.4) is 0 Å². The minimum Gasteiger partial charge on any atom is -0.0885 e. The second-order valence-electron chi connectivity index (χ2n) is 7.02. The molecule has 0 radical (unpaired) electrons. The molecule has 0 heterocycles. The molecule has 0 nitrogen and oxygen atoms in total. The highest BCUT2D eigenvalue weighted by Gasteiger charge is 2.08. The second-order valence-corrected chi connectivity index (χ2v) is 7.02. The molecule has 0 saturated carbocycles. The molecular weight excluding hydrogens is 180 g/mol. The van der Waals surface area contributed by atoms with Gasteiger partial charge >= 0.3 is 0 Å². The van der Waals surface area contributed by atoms with Gasteiger partial charge in [0.25, 0.3) is 0 Å². The summed E-state index contributed by atoms with van der Waals surface area (Å²) < 4.78 is 0. The zero-order valence-corrected chi connectivity index (χ0v) is 11.7. The molecule has 0 heteroatoms. The standard InChI is InChI=1S/C15H30/c1-14(2,3)12-10-8-7-9-11-13-15(4,5)6/h7-8H,9-13H2,1-6H3/b8-7+. The summed E-state index contributed by atoms with van der Waals surface area (Å²) in [6, 6.07) is 0. The van der Waals surface area contributed by atoms with Gasteiger partial charge in [0.1, 0.15) is 0 Å². The lowest BCUT2D eigenvalue weighted by Crippen LogP contribution is -2.03. The number of hydrogen-bond donors (Lipinski definition) is 0. The SMILES string of the molecule is CC(C)(C)CC/C=C/CCCC(C)(C)C. The summed E-state index contributed by atoms with van der Waals surface area (Å²) in [5.74, 6) is 0. The summed E-state index contributed by atoms with van der Waals surface area (Å²) in [5, 5.41) is 0. The van der Waals surface area contributed by atoms with Crippen molar-refractivity contribution in [2.45, 2.75) is 73.6 Å². The summed E-state index contributed by atoms with van der Waals surface area (Å²) in [6.45, 7) is 13.9. The van der Waals surface area contributed by atoms with Crippen LogP contribution < -0.4 is 0 Å². The molecular formula is C15H30. The Morgan fingerprint density at radius 3 is 1.60 bits per heavy atom. The lowest BCUT2D eigenvalue weighted by Gasteiger charge is -2.17. The molecule has 0 rings (SSSR count). The molecule has 0 atom stereocenters. The Hall–Kier alpha value is -0.260. The van der Waals surface area contributed by atoms with Crippen LogP contribution in [0.1, 0.15) is 73.6 Å². The van der Waals surface area contributed by atoms with Gasteiger partial charge < -0.3 is 0 Å². The van der Waals surface area contributed by atoms with Crippen molar-refractivity contribution in [3.8, 4) is 0 Å². The molecule has 0 aliphatic rings. The fourth-order valence-electron chi connectivity index (χ4n) is 1.50. The van der Waals surface area contributed by atoms with E-state index < -0.39 is 0 Å². The molecule has 0 N–H and O–H groups in total.